The van der Waals surface area contributed by atoms with Crippen molar-refractivity contribution in [1.82, 2.24) is 9.88 Å². The molecular weight excluding hydrogens is 450 g/mol. The number of carbonyl (C=O) groups is 4. The molecule has 1 aromatic heterocycles. The van der Waals surface area contributed by atoms with Crippen LogP contribution in [-0.4, -0.2) is 53.3 Å². The summed E-state index contributed by atoms with van der Waals surface area (Å²) in [6.45, 7) is 3.39. The van der Waals surface area contributed by atoms with Crippen LogP contribution < -0.4 is 14.4 Å². The van der Waals surface area contributed by atoms with Crippen LogP contribution in [0.5, 0.6) is 11.5 Å². The van der Waals surface area contributed by atoms with Gasteiger partial charge in [0.05, 0.1) is 18.2 Å². The van der Waals surface area contributed by atoms with Crippen LogP contribution in [0.4, 0.5) is 5.69 Å². The lowest BCUT2D eigenvalue weighted by Crippen LogP contribution is -2.47. The molecule has 0 N–H and O–H groups in total. The maximum atomic E-state index is 13.9. The SMILES string of the molecule is CC[C@@H]1CN(c2c(OC(C)=O)cc(OC)c3cccnc23)C(=O)[C@H]1N1C(=O)c2ccccc2C1=O. The van der Waals surface area contributed by atoms with Crippen molar-refractivity contribution in [3.63, 3.8) is 0 Å². The largest absolute Gasteiger partial charge is 0.496 e. The van der Waals surface area contributed by atoms with E-state index in [1.54, 1.807) is 48.7 Å². The molecule has 3 heterocycles. The van der Waals surface area contributed by atoms with Crippen molar-refractivity contribution in [3.05, 3.63) is 59.8 Å². The van der Waals surface area contributed by atoms with Crippen molar-refractivity contribution >= 4 is 40.3 Å². The molecule has 0 unspecified atom stereocenters. The van der Waals surface area contributed by atoms with Gasteiger partial charge in [-0.25, -0.2) is 0 Å². The fourth-order valence-electron chi connectivity index (χ4n) is 4.96. The van der Waals surface area contributed by atoms with Crippen LogP contribution in [-0.2, 0) is 9.59 Å². The highest BCUT2D eigenvalue weighted by molar-refractivity contribution is 6.24. The first-order chi connectivity index (χ1) is 16.9. The molecule has 3 amide bonds. The van der Waals surface area contributed by atoms with Gasteiger partial charge in [-0.3, -0.25) is 29.1 Å². The molecule has 0 radical (unpaired) electrons. The highest BCUT2D eigenvalue weighted by Crippen LogP contribution is 2.44. The third-order valence-corrected chi connectivity index (χ3v) is 6.55. The van der Waals surface area contributed by atoms with Crippen LogP contribution in [0.2, 0.25) is 0 Å². The molecule has 1 fully saturated rings. The molecule has 2 aliphatic rings. The van der Waals surface area contributed by atoms with Crippen LogP contribution in [0, 0.1) is 5.92 Å². The molecule has 3 aromatic rings. The van der Waals surface area contributed by atoms with E-state index in [0.29, 0.717) is 28.8 Å². The average Bonchev–Trinajstić information content (AvgIpc) is 3.30. The summed E-state index contributed by atoms with van der Waals surface area (Å²) >= 11 is 0. The summed E-state index contributed by atoms with van der Waals surface area (Å²) < 4.78 is 10.9. The number of ether oxygens (including phenoxy) is 2. The minimum absolute atomic E-state index is 0.117. The molecule has 0 spiro atoms. The first-order valence-corrected chi connectivity index (χ1v) is 11.3. The Morgan fingerprint density at radius 3 is 2.34 bits per heavy atom. The van der Waals surface area contributed by atoms with Crippen molar-refractivity contribution in [2.75, 3.05) is 18.6 Å². The molecule has 2 aliphatic heterocycles. The maximum absolute atomic E-state index is 13.9. The second kappa shape index (κ2) is 8.50. The number of imide groups is 1. The number of hydrogen-bond donors (Lipinski definition) is 0. The zero-order chi connectivity index (χ0) is 24.9. The molecule has 9 heteroatoms. The lowest BCUT2D eigenvalue weighted by Gasteiger charge is -2.25. The first-order valence-electron chi connectivity index (χ1n) is 11.3. The molecule has 178 valence electrons. The summed E-state index contributed by atoms with van der Waals surface area (Å²) in [7, 11) is 1.49. The quantitative estimate of drug-likeness (QED) is 0.318. The fourth-order valence-corrected chi connectivity index (χ4v) is 4.96. The summed E-state index contributed by atoms with van der Waals surface area (Å²) in [5.74, 6) is -1.74. The zero-order valence-electron chi connectivity index (χ0n) is 19.5. The van der Waals surface area contributed by atoms with E-state index < -0.39 is 29.7 Å². The van der Waals surface area contributed by atoms with Crippen LogP contribution >= 0.6 is 0 Å². The predicted octanol–water partition coefficient (Wildman–Crippen LogP) is 3.21. The van der Waals surface area contributed by atoms with E-state index >= 15 is 0 Å². The van der Waals surface area contributed by atoms with Crippen LogP contribution in [0.3, 0.4) is 0 Å². The summed E-state index contributed by atoms with van der Waals surface area (Å²) in [6, 6.07) is 10.6. The Labute approximate surface area is 201 Å². The number of hydrogen-bond acceptors (Lipinski definition) is 7. The van der Waals surface area contributed by atoms with E-state index in [1.807, 2.05) is 6.92 Å². The Morgan fingerprint density at radius 2 is 1.74 bits per heavy atom. The van der Waals surface area contributed by atoms with Gasteiger partial charge in [-0.1, -0.05) is 19.1 Å². The van der Waals surface area contributed by atoms with Gasteiger partial charge < -0.3 is 14.4 Å². The van der Waals surface area contributed by atoms with Gasteiger partial charge in [0.1, 0.15) is 23.0 Å². The Bertz CT molecular complexity index is 1370. The predicted molar refractivity (Wildman–Crippen MR) is 126 cm³/mol. The van der Waals surface area contributed by atoms with E-state index in [2.05, 4.69) is 4.98 Å². The van der Waals surface area contributed by atoms with Gasteiger partial charge >= 0.3 is 5.97 Å². The van der Waals surface area contributed by atoms with Gasteiger partial charge in [-0.05, 0) is 30.7 Å². The van der Waals surface area contributed by atoms with Crippen LogP contribution in [0.1, 0.15) is 41.0 Å². The topological polar surface area (TPSA) is 106 Å². The Balaban J connectivity index is 1.64. The highest BCUT2D eigenvalue weighted by atomic mass is 16.5. The third kappa shape index (κ3) is 3.42. The minimum Gasteiger partial charge on any atom is -0.496 e. The summed E-state index contributed by atoms with van der Waals surface area (Å²) in [5, 5.41) is 0.630. The monoisotopic (exact) mass is 473 g/mol. The Hall–Kier alpha value is -4.27. The second-order valence-electron chi connectivity index (χ2n) is 8.51. The summed E-state index contributed by atoms with van der Waals surface area (Å²) in [6.07, 6.45) is 2.12. The van der Waals surface area contributed by atoms with Crippen molar-refractivity contribution in [2.24, 2.45) is 5.92 Å². The molecule has 9 nitrogen and oxygen atoms in total. The molecule has 2 atom stereocenters. The van der Waals surface area contributed by atoms with Crippen molar-refractivity contribution in [3.8, 4) is 11.5 Å². The number of anilines is 1. The smallest absolute Gasteiger partial charge is 0.308 e. The van der Waals surface area contributed by atoms with Gasteiger partial charge in [-0.2, -0.15) is 0 Å². The normalized spacial score (nSPS) is 19.5. The minimum atomic E-state index is -0.988. The number of carbonyl (C=O) groups excluding carboxylic acids is 4. The lowest BCUT2D eigenvalue weighted by molar-refractivity contribution is -0.132. The first kappa shape index (κ1) is 22.5. The van der Waals surface area contributed by atoms with E-state index in [1.165, 1.54) is 18.9 Å². The van der Waals surface area contributed by atoms with E-state index in [-0.39, 0.29) is 29.3 Å². The van der Waals surface area contributed by atoms with E-state index in [9.17, 15) is 19.2 Å². The van der Waals surface area contributed by atoms with E-state index in [4.69, 9.17) is 9.47 Å². The molecule has 1 saturated heterocycles. The number of aromatic nitrogens is 1. The van der Waals surface area contributed by atoms with Gasteiger partial charge in [-0.15, -0.1) is 0 Å². The highest BCUT2D eigenvalue weighted by Gasteiger charge is 2.51. The maximum Gasteiger partial charge on any atom is 0.308 e. The van der Waals surface area contributed by atoms with Gasteiger partial charge in [0.2, 0.25) is 0 Å². The number of amides is 3. The standard InChI is InChI=1S/C26H23N3O6/c1-4-15-13-28(26(33)22(15)29-24(31)16-8-5-6-9-17(16)25(29)32)23-20(35-14(2)30)12-19(34-3)18-10-7-11-27-21(18)23/h5-12,15,22H,4,13H2,1-3H3/t15-,22+/m1/s1. The lowest BCUT2D eigenvalue weighted by atomic mass is 9.99. The molecule has 2 aromatic carbocycles. The Morgan fingerprint density at radius 1 is 1.06 bits per heavy atom. The van der Waals surface area contributed by atoms with Gasteiger partial charge in [0, 0.05) is 37.0 Å². The number of esters is 1. The Kier molecular flexibility index (Phi) is 5.47. The molecule has 0 saturated carbocycles. The van der Waals surface area contributed by atoms with Gasteiger partial charge in [0.25, 0.3) is 17.7 Å². The second-order valence-corrected chi connectivity index (χ2v) is 8.51. The molecule has 0 bridgehead atoms. The van der Waals surface area contributed by atoms with Crippen molar-refractivity contribution < 1.29 is 28.7 Å². The molecular formula is C26H23N3O6. The number of methoxy groups -OCH3 is 1. The van der Waals surface area contributed by atoms with Gasteiger partial charge in [0.15, 0.2) is 5.75 Å². The number of nitrogens with zero attached hydrogens (tertiary/aromatic N) is 3. The number of fused-ring (bicyclic) bond motifs is 2. The van der Waals surface area contributed by atoms with E-state index in [0.717, 1.165) is 4.90 Å². The third-order valence-electron chi connectivity index (χ3n) is 6.55. The zero-order valence-corrected chi connectivity index (χ0v) is 19.5. The summed E-state index contributed by atoms with van der Waals surface area (Å²) in [4.78, 5) is 59.2. The number of benzene rings is 2. The number of rotatable bonds is 5. The van der Waals surface area contributed by atoms with Crippen LogP contribution in [0.15, 0.2) is 48.7 Å². The van der Waals surface area contributed by atoms with Crippen LogP contribution in [0.25, 0.3) is 10.9 Å². The molecule has 35 heavy (non-hydrogen) atoms. The van der Waals surface area contributed by atoms with Crippen molar-refractivity contribution in [2.45, 2.75) is 26.3 Å². The molecule has 0 aliphatic carbocycles. The summed E-state index contributed by atoms with van der Waals surface area (Å²) in [5.41, 5.74) is 1.29. The number of pyridine rings is 1. The van der Waals surface area contributed by atoms with Crippen molar-refractivity contribution in [1.29, 1.82) is 0 Å². The average molecular weight is 473 g/mol. The molecule has 5 rings (SSSR count). The fraction of sp³-hybridized carbons (Fsp3) is 0.269.